The number of carbonyl (C=O) groups is 1. The van der Waals surface area contributed by atoms with E-state index in [0.717, 1.165) is 0 Å². The van der Waals surface area contributed by atoms with Crippen LogP contribution < -0.4 is 5.32 Å². The van der Waals surface area contributed by atoms with Gasteiger partial charge in [-0.2, -0.15) is 0 Å². The number of rotatable bonds is 5. The van der Waals surface area contributed by atoms with Crippen molar-refractivity contribution in [2.45, 2.75) is 12.5 Å². The highest BCUT2D eigenvalue weighted by Gasteiger charge is 2.30. The molecule has 1 aromatic rings. The van der Waals surface area contributed by atoms with Crippen molar-refractivity contribution in [2.24, 2.45) is 0 Å². The average Bonchev–Trinajstić information content (AvgIpc) is 2.73. The number of hydrogen-bond donors (Lipinski definition) is 4. The van der Waals surface area contributed by atoms with Crippen LogP contribution in [0.25, 0.3) is 0 Å². The minimum absolute atomic E-state index is 0.275. The predicted molar refractivity (Wildman–Crippen MR) is 54.9 cm³/mol. The van der Waals surface area contributed by atoms with Crippen molar-refractivity contribution in [1.82, 2.24) is 5.32 Å². The summed E-state index contributed by atoms with van der Waals surface area (Å²) in [4.78, 5) is 11.6. The van der Waals surface area contributed by atoms with Gasteiger partial charge in [-0.1, -0.05) is 0 Å². The molecule has 1 rings (SSSR count). The largest absolute Gasteiger partial charge is 0.469 e. The van der Waals surface area contributed by atoms with Crippen LogP contribution in [0.15, 0.2) is 16.7 Å². The van der Waals surface area contributed by atoms with Crippen molar-refractivity contribution in [1.29, 1.82) is 0 Å². The summed E-state index contributed by atoms with van der Waals surface area (Å²) in [7, 11) is 0. The lowest BCUT2D eigenvalue weighted by atomic mass is 10.0. The Balaban J connectivity index is 2.76. The van der Waals surface area contributed by atoms with Gasteiger partial charge in [0.1, 0.15) is 17.6 Å². The maximum absolute atomic E-state index is 11.6. The lowest BCUT2D eigenvalue weighted by molar-refractivity contribution is 0.0375. The van der Waals surface area contributed by atoms with E-state index in [2.05, 4.69) is 5.32 Å². The average molecular weight is 229 g/mol. The fourth-order valence-electron chi connectivity index (χ4n) is 1.14. The molecule has 0 fully saturated rings. The molecular formula is C10H15NO5. The summed E-state index contributed by atoms with van der Waals surface area (Å²) in [5, 5.41) is 29.4. The van der Waals surface area contributed by atoms with E-state index < -0.39 is 31.3 Å². The van der Waals surface area contributed by atoms with Crippen molar-refractivity contribution in [3.63, 3.8) is 0 Å². The fraction of sp³-hybridized carbons (Fsp3) is 0.500. The van der Waals surface area contributed by atoms with E-state index in [-0.39, 0.29) is 5.56 Å². The minimum atomic E-state index is -1.41. The highest BCUT2D eigenvalue weighted by atomic mass is 16.3. The van der Waals surface area contributed by atoms with E-state index >= 15 is 0 Å². The van der Waals surface area contributed by atoms with Gasteiger partial charge in [0.2, 0.25) is 0 Å². The number of nitrogens with one attached hydrogen (secondary N) is 1. The van der Waals surface area contributed by atoms with Gasteiger partial charge in [-0.3, -0.25) is 4.79 Å². The lowest BCUT2D eigenvalue weighted by Crippen LogP contribution is -2.56. The Bertz CT molecular complexity index is 348. The van der Waals surface area contributed by atoms with Crippen LogP contribution in [-0.4, -0.2) is 46.6 Å². The van der Waals surface area contributed by atoms with Gasteiger partial charge in [-0.05, 0) is 13.0 Å². The molecule has 0 aromatic carbocycles. The maximum Gasteiger partial charge on any atom is 0.255 e. The van der Waals surface area contributed by atoms with Crippen molar-refractivity contribution >= 4 is 5.91 Å². The maximum atomic E-state index is 11.6. The molecule has 0 saturated carbocycles. The number of amides is 1. The van der Waals surface area contributed by atoms with Crippen LogP contribution in [0, 0.1) is 6.92 Å². The summed E-state index contributed by atoms with van der Waals surface area (Å²) in [5.74, 6) is 0.0572. The first-order valence-corrected chi connectivity index (χ1v) is 4.77. The van der Waals surface area contributed by atoms with Crippen molar-refractivity contribution < 1.29 is 24.5 Å². The van der Waals surface area contributed by atoms with Gasteiger partial charge in [0.15, 0.2) is 0 Å². The van der Waals surface area contributed by atoms with Crippen molar-refractivity contribution in [3.05, 3.63) is 23.7 Å². The molecule has 0 spiro atoms. The number of aliphatic hydroxyl groups excluding tert-OH is 3. The summed E-state index contributed by atoms with van der Waals surface area (Å²) in [6, 6.07) is 1.52. The van der Waals surface area contributed by atoms with Crippen LogP contribution >= 0.6 is 0 Å². The SMILES string of the molecule is Cc1cc(C(=O)NC(CO)(CO)CO)co1. The third-order valence-electron chi connectivity index (χ3n) is 2.28. The third-order valence-corrected chi connectivity index (χ3v) is 2.28. The second-order valence-corrected chi connectivity index (χ2v) is 3.65. The van der Waals surface area contributed by atoms with Crippen LogP contribution in [0.5, 0.6) is 0 Å². The summed E-state index contributed by atoms with van der Waals surface area (Å²) < 4.78 is 4.95. The monoisotopic (exact) mass is 229 g/mol. The smallest absolute Gasteiger partial charge is 0.255 e. The third kappa shape index (κ3) is 2.60. The van der Waals surface area contributed by atoms with Gasteiger partial charge in [-0.25, -0.2) is 0 Å². The van der Waals surface area contributed by atoms with Gasteiger partial charge in [0, 0.05) is 0 Å². The van der Waals surface area contributed by atoms with Gasteiger partial charge in [-0.15, -0.1) is 0 Å². The first-order valence-electron chi connectivity index (χ1n) is 4.77. The molecule has 0 aliphatic rings. The second-order valence-electron chi connectivity index (χ2n) is 3.65. The Hall–Kier alpha value is -1.37. The van der Waals surface area contributed by atoms with Gasteiger partial charge >= 0.3 is 0 Å². The minimum Gasteiger partial charge on any atom is -0.469 e. The van der Waals surface area contributed by atoms with Crippen LogP contribution in [0.3, 0.4) is 0 Å². The summed E-state index contributed by atoms with van der Waals surface area (Å²) in [6.45, 7) is 0.0296. The molecule has 0 aliphatic carbocycles. The van der Waals surface area contributed by atoms with E-state index in [1.807, 2.05) is 0 Å². The molecule has 4 N–H and O–H groups in total. The molecule has 0 radical (unpaired) electrons. The van der Waals surface area contributed by atoms with E-state index in [9.17, 15) is 4.79 Å². The van der Waals surface area contributed by atoms with E-state index in [0.29, 0.717) is 5.76 Å². The number of carbonyl (C=O) groups excluding carboxylic acids is 1. The highest BCUT2D eigenvalue weighted by Crippen LogP contribution is 2.09. The van der Waals surface area contributed by atoms with Crippen LogP contribution in [0.4, 0.5) is 0 Å². The topological polar surface area (TPSA) is 103 Å². The Morgan fingerprint density at radius 2 is 1.94 bits per heavy atom. The lowest BCUT2D eigenvalue weighted by Gasteiger charge is -2.28. The number of furan rings is 1. The molecule has 6 heteroatoms. The van der Waals surface area contributed by atoms with Crippen molar-refractivity contribution in [2.75, 3.05) is 19.8 Å². The number of aryl methyl sites for hydroxylation is 1. The van der Waals surface area contributed by atoms with Gasteiger partial charge < -0.3 is 25.1 Å². The second kappa shape index (κ2) is 5.11. The van der Waals surface area contributed by atoms with E-state index in [1.165, 1.54) is 12.3 Å². The molecule has 0 aliphatic heterocycles. The standard InChI is InChI=1S/C10H15NO5/c1-7-2-8(3-16-7)9(15)11-10(4-12,5-13)6-14/h2-3,12-14H,4-6H2,1H3,(H,11,15). The molecule has 1 heterocycles. The summed E-state index contributed by atoms with van der Waals surface area (Å²) >= 11 is 0. The molecule has 0 saturated heterocycles. The predicted octanol–water partition coefficient (Wildman–Crippen LogP) is -0.966. The quantitative estimate of drug-likeness (QED) is 0.520. The van der Waals surface area contributed by atoms with E-state index in [1.54, 1.807) is 6.92 Å². The normalized spacial score (nSPS) is 11.5. The molecule has 1 amide bonds. The zero-order valence-corrected chi connectivity index (χ0v) is 8.93. The molecule has 0 atom stereocenters. The Morgan fingerprint density at radius 3 is 2.31 bits per heavy atom. The Labute approximate surface area is 92.5 Å². The number of hydrogen-bond acceptors (Lipinski definition) is 5. The summed E-state index contributed by atoms with van der Waals surface area (Å²) in [6.07, 6.45) is 1.27. The Morgan fingerprint density at radius 1 is 1.38 bits per heavy atom. The van der Waals surface area contributed by atoms with Crippen LogP contribution in [-0.2, 0) is 0 Å². The van der Waals surface area contributed by atoms with E-state index in [4.69, 9.17) is 19.7 Å². The molecule has 16 heavy (non-hydrogen) atoms. The molecular weight excluding hydrogens is 214 g/mol. The molecule has 0 bridgehead atoms. The van der Waals surface area contributed by atoms with Gasteiger partial charge in [0.25, 0.3) is 5.91 Å². The number of aliphatic hydroxyl groups is 3. The molecule has 90 valence electrons. The zero-order valence-electron chi connectivity index (χ0n) is 8.93. The fourth-order valence-corrected chi connectivity index (χ4v) is 1.14. The first-order chi connectivity index (χ1) is 7.56. The molecule has 0 unspecified atom stereocenters. The highest BCUT2D eigenvalue weighted by molar-refractivity contribution is 5.94. The Kier molecular flexibility index (Phi) is 4.05. The van der Waals surface area contributed by atoms with Crippen LogP contribution in [0.1, 0.15) is 16.1 Å². The molecule has 6 nitrogen and oxygen atoms in total. The summed E-state index contributed by atoms with van der Waals surface area (Å²) in [5.41, 5.74) is -1.14. The van der Waals surface area contributed by atoms with Gasteiger partial charge in [0.05, 0.1) is 25.4 Å². The first kappa shape index (κ1) is 12.7. The molecule has 1 aromatic heterocycles. The van der Waals surface area contributed by atoms with Crippen molar-refractivity contribution in [3.8, 4) is 0 Å². The zero-order chi connectivity index (χ0) is 12.2. The van der Waals surface area contributed by atoms with Crippen LogP contribution in [0.2, 0.25) is 0 Å².